The summed E-state index contributed by atoms with van der Waals surface area (Å²) in [6, 6.07) is 9.29. The molecule has 0 saturated carbocycles. The van der Waals surface area contributed by atoms with Crippen molar-refractivity contribution in [1.29, 1.82) is 0 Å². The maximum absolute atomic E-state index is 14.2. The monoisotopic (exact) mass is 581 g/mol. The lowest BCUT2D eigenvalue weighted by Gasteiger charge is -2.42. The molecule has 0 heterocycles. The van der Waals surface area contributed by atoms with Crippen LogP contribution in [-0.2, 0) is 22.6 Å². The van der Waals surface area contributed by atoms with Crippen molar-refractivity contribution in [2.45, 2.75) is 73.0 Å². The van der Waals surface area contributed by atoms with Crippen molar-refractivity contribution in [1.82, 2.24) is 10.2 Å². The Morgan fingerprint density at radius 1 is 1.00 bits per heavy atom. The molecule has 0 aliphatic heterocycles. The molecule has 0 radical (unpaired) electrons. The van der Waals surface area contributed by atoms with E-state index in [-0.39, 0.29) is 25.3 Å². The van der Waals surface area contributed by atoms with Crippen molar-refractivity contribution in [3.8, 4) is 0 Å². The van der Waals surface area contributed by atoms with Gasteiger partial charge >= 0.3 is 0 Å². The van der Waals surface area contributed by atoms with Crippen LogP contribution >= 0.6 is 0 Å². The number of rotatable bonds is 14. The highest BCUT2D eigenvalue weighted by atomic mass is 19.1. The molecule has 6 nitrogen and oxygen atoms in total. The highest BCUT2D eigenvalue weighted by molar-refractivity contribution is 5.97. The molecule has 2 aromatic rings. The highest BCUT2D eigenvalue weighted by Gasteiger charge is 2.48. The molecule has 3 rings (SSSR count). The van der Waals surface area contributed by atoms with Crippen molar-refractivity contribution < 1.29 is 23.5 Å². The number of carbonyl (C=O) groups excluding carboxylic acids is 2. The smallest absolute Gasteiger partial charge is 0.249 e. The van der Waals surface area contributed by atoms with Gasteiger partial charge in [-0.2, -0.15) is 0 Å². The maximum Gasteiger partial charge on any atom is 0.249 e. The third kappa shape index (κ3) is 8.13. The number of carbonyl (C=O) groups is 2. The van der Waals surface area contributed by atoms with E-state index in [1.807, 2.05) is 39.8 Å². The Balaban J connectivity index is 1.98. The molecule has 42 heavy (non-hydrogen) atoms. The van der Waals surface area contributed by atoms with Gasteiger partial charge in [0.25, 0.3) is 0 Å². The zero-order valence-corrected chi connectivity index (χ0v) is 25.5. The average Bonchev–Trinajstić information content (AvgIpc) is 2.92. The molecule has 1 aliphatic carbocycles. The van der Waals surface area contributed by atoms with Crippen LogP contribution in [0.5, 0.6) is 0 Å². The van der Waals surface area contributed by atoms with E-state index in [0.717, 1.165) is 30.0 Å². The molecule has 0 fully saturated rings. The molecule has 1 aliphatic rings. The molecule has 4 N–H and O–H groups in total. The molecule has 1 unspecified atom stereocenters. The van der Waals surface area contributed by atoms with Crippen molar-refractivity contribution >= 4 is 11.8 Å². The maximum atomic E-state index is 14.2. The minimum atomic E-state index is -1.46. The largest absolute Gasteiger partial charge is 0.391 e. The number of benzene rings is 2. The molecule has 0 bridgehead atoms. The van der Waals surface area contributed by atoms with Crippen molar-refractivity contribution in [2.24, 2.45) is 17.1 Å². The predicted octanol–water partition coefficient (Wildman–Crippen LogP) is 5.29. The Hall–Kier alpha value is -3.36. The third-order valence-corrected chi connectivity index (χ3v) is 8.14. The number of nitrogens with zero attached hydrogens (tertiary/aromatic N) is 1. The molecule has 0 aromatic heterocycles. The number of amides is 2. The third-order valence-electron chi connectivity index (χ3n) is 8.14. The number of aliphatic hydroxyl groups excluding tert-OH is 1. The standard InChI is InChI=1S/C34H45F2N3O3/c1-6-10-39(11-7-2)32(41)27-12-22(3)18-34(19-27,33(37)42)30(16-26-14-28(35)17-29(36)15-26)31(40)21-38-20-25-9-8-23(4)24(5)13-25/h8-9,12-15,17-18,30-31,38,40H,6-7,10-11,16,19-21H2,1-5H3,(H2,37,42)/t30-,31+,34?/m1/s1. The van der Waals surface area contributed by atoms with Crippen LogP contribution in [-0.4, -0.2) is 47.6 Å². The molecule has 3 atom stereocenters. The van der Waals surface area contributed by atoms with E-state index in [1.54, 1.807) is 24.0 Å². The second-order valence-corrected chi connectivity index (χ2v) is 11.6. The van der Waals surface area contributed by atoms with Gasteiger partial charge in [-0.15, -0.1) is 0 Å². The zero-order valence-electron chi connectivity index (χ0n) is 25.5. The zero-order chi connectivity index (χ0) is 31.0. The Morgan fingerprint density at radius 2 is 1.64 bits per heavy atom. The average molecular weight is 582 g/mol. The molecule has 0 spiro atoms. The van der Waals surface area contributed by atoms with E-state index >= 15 is 0 Å². The van der Waals surface area contributed by atoms with Gasteiger partial charge in [0.15, 0.2) is 0 Å². The lowest BCUT2D eigenvalue weighted by Crippen LogP contribution is -2.51. The van der Waals surface area contributed by atoms with Gasteiger partial charge in [0, 0.05) is 43.7 Å². The Morgan fingerprint density at radius 3 is 2.21 bits per heavy atom. The topological polar surface area (TPSA) is 95.7 Å². The van der Waals surface area contributed by atoms with Gasteiger partial charge in [-0.1, -0.05) is 49.8 Å². The Kier molecular flexibility index (Phi) is 11.6. The quantitative estimate of drug-likeness (QED) is 0.283. The van der Waals surface area contributed by atoms with Crippen molar-refractivity contribution in [3.05, 3.63) is 93.6 Å². The van der Waals surface area contributed by atoms with E-state index in [2.05, 4.69) is 11.4 Å². The normalized spacial score (nSPS) is 18.2. The number of nitrogens with one attached hydrogen (secondary N) is 1. The second-order valence-electron chi connectivity index (χ2n) is 11.6. The summed E-state index contributed by atoms with van der Waals surface area (Å²) in [4.78, 5) is 28.8. The SMILES string of the molecule is CCCN(CCC)C(=O)C1=CC(C)=CC(C(N)=O)([C@H](Cc2cc(F)cc(F)c2)[C@@H](O)CNCc2ccc(C)c(C)c2)C1. The first-order valence-corrected chi connectivity index (χ1v) is 14.8. The van der Waals surface area contributed by atoms with Gasteiger partial charge in [-0.05, 0) is 80.8 Å². The lowest BCUT2D eigenvalue weighted by atomic mass is 9.63. The molecule has 8 heteroatoms. The summed E-state index contributed by atoms with van der Waals surface area (Å²) in [5, 5.41) is 14.9. The van der Waals surface area contributed by atoms with Gasteiger partial charge in [0.2, 0.25) is 11.8 Å². The van der Waals surface area contributed by atoms with Crippen LogP contribution in [0.25, 0.3) is 0 Å². The van der Waals surface area contributed by atoms with Gasteiger partial charge in [-0.3, -0.25) is 9.59 Å². The van der Waals surface area contributed by atoms with E-state index in [9.17, 15) is 23.5 Å². The Labute approximate surface area is 248 Å². The molecule has 2 amide bonds. The summed E-state index contributed by atoms with van der Waals surface area (Å²) >= 11 is 0. The van der Waals surface area contributed by atoms with Gasteiger partial charge in [-0.25, -0.2) is 8.78 Å². The van der Waals surface area contributed by atoms with Crippen LogP contribution in [0.1, 0.15) is 62.3 Å². The number of hydrogen-bond donors (Lipinski definition) is 3. The number of aryl methyl sites for hydroxylation is 2. The van der Waals surface area contributed by atoms with Crippen molar-refractivity contribution in [2.75, 3.05) is 19.6 Å². The first-order valence-electron chi connectivity index (χ1n) is 14.8. The molecular weight excluding hydrogens is 536 g/mol. The summed E-state index contributed by atoms with van der Waals surface area (Å²) in [6.45, 7) is 11.6. The summed E-state index contributed by atoms with van der Waals surface area (Å²) in [5.41, 5.74) is 9.41. The number of allylic oxidation sites excluding steroid dienone is 2. The first kappa shape index (κ1) is 33.1. The fraction of sp³-hybridized carbons (Fsp3) is 0.471. The highest BCUT2D eigenvalue weighted by Crippen LogP contribution is 2.44. The van der Waals surface area contributed by atoms with E-state index < -0.39 is 35.0 Å². The summed E-state index contributed by atoms with van der Waals surface area (Å²) in [5.74, 6) is -3.25. The second kappa shape index (κ2) is 14.7. The van der Waals surface area contributed by atoms with E-state index in [4.69, 9.17) is 5.73 Å². The number of hydrogen-bond acceptors (Lipinski definition) is 4. The summed E-state index contributed by atoms with van der Waals surface area (Å²) in [6.07, 6.45) is 3.88. The van der Waals surface area contributed by atoms with Crippen LogP contribution in [0.4, 0.5) is 8.78 Å². The number of primary amides is 1. The molecule has 228 valence electrons. The number of aliphatic hydroxyl groups is 1. The molecule has 2 aromatic carbocycles. The van der Waals surface area contributed by atoms with Crippen LogP contribution in [0.15, 0.2) is 59.7 Å². The van der Waals surface area contributed by atoms with Crippen LogP contribution < -0.4 is 11.1 Å². The van der Waals surface area contributed by atoms with Crippen LogP contribution in [0.3, 0.4) is 0 Å². The van der Waals surface area contributed by atoms with Crippen molar-refractivity contribution in [3.63, 3.8) is 0 Å². The molecule has 0 saturated heterocycles. The fourth-order valence-corrected chi connectivity index (χ4v) is 5.98. The summed E-state index contributed by atoms with van der Waals surface area (Å²) in [7, 11) is 0. The van der Waals surface area contributed by atoms with E-state index in [0.29, 0.717) is 36.3 Å². The first-order chi connectivity index (χ1) is 19.9. The Bertz CT molecular complexity index is 1310. The fourth-order valence-electron chi connectivity index (χ4n) is 5.98. The van der Waals surface area contributed by atoms with Crippen LogP contribution in [0, 0.1) is 36.8 Å². The molecular formula is C34H45F2N3O3. The van der Waals surface area contributed by atoms with E-state index in [1.165, 1.54) is 17.7 Å². The van der Waals surface area contributed by atoms with Gasteiger partial charge in [0.05, 0.1) is 11.5 Å². The van der Waals surface area contributed by atoms with Gasteiger partial charge in [0.1, 0.15) is 11.6 Å². The number of nitrogens with two attached hydrogens (primary N) is 1. The van der Waals surface area contributed by atoms with Crippen LogP contribution in [0.2, 0.25) is 0 Å². The van der Waals surface area contributed by atoms with Gasteiger partial charge < -0.3 is 21.1 Å². The predicted molar refractivity (Wildman–Crippen MR) is 162 cm³/mol. The minimum Gasteiger partial charge on any atom is -0.391 e. The number of halogens is 2. The summed E-state index contributed by atoms with van der Waals surface area (Å²) < 4.78 is 28.4. The minimum absolute atomic E-state index is 0.0148. The lowest BCUT2D eigenvalue weighted by molar-refractivity contribution is -0.132.